The standard InChI is InChI=1S/C16H21ClO3/c1-10(16(19)20)11-6-7-12(14(17)9-11)8-13-4-2-3-5-15(13)18/h6-7,9-10,13,15,18H,2-5,8H2,1H3,(H,19,20)/t10?,13-,15-/m0/s1. The van der Waals surface area contributed by atoms with Gasteiger partial charge in [0.2, 0.25) is 0 Å². The van der Waals surface area contributed by atoms with Crippen molar-refractivity contribution in [2.45, 2.75) is 51.0 Å². The van der Waals surface area contributed by atoms with Crippen molar-refractivity contribution in [3.63, 3.8) is 0 Å². The largest absolute Gasteiger partial charge is 0.481 e. The van der Waals surface area contributed by atoms with Crippen LogP contribution in [-0.2, 0) is 11.2 Å². The Hall–Kier alpha value is -1.06. The van der Waals surface area contributed by atoms with Gasteiger partial charge in [0.1, 0.15) is 0 Å². The fourth-order valence-electron chi connectivity index (χ4n) is 2.85. The van der Waals surface area contributed by atoms with Gasteiger partial charge >= 0.3 is 5.97 Å². The van der Waals surface area contributed by atoms with Crippen molar-refractivity contribution < 1.29 is 15.0 Å². The van der Waals surface area contributed by atoms with E-state index in [4.69, 9.17) is 16.7 Å². The molecule has 1 aromatic rings. The maximum absolute atomic E-state index is 11.0. The number of aliphatic carboxylic acids is 1. The van der Waals surface area contributed by atoms with Crippen LogP contribution in [0, 0.1) is 5.92 Å². The van der Waals surface area contributed by atoms with Gasteiger partial charge < -0.3 is 10.2 Å². The van der Waals surface area contributed by atoms with Crippen molar-refractivity contribution in [3.05, 3.63) is 34.3 Å². The number of hydrogen-bond acceptors (Lipinski definition) is 2. The van der Waals surface area contributed by atoms with Gasteiger partial charge in [0, 0.05) is 5.02 Å². The van der Waals surface area contributed by atoms with E-state index in [0.29, 0.717) is 5.02 Å². The first-order valence-corrected chi connectivity index (χ1v) is 7.56. The number of rotatable bonds is 4. The molecule has 0 aromatic heterocycles. The normalized spacial score (nSPS) is 24.4. The van der Waals surface area contributed by atoms with Crippen LogP contribution < -0.4 is 0 Å². The summed E-state index contributed by atoms with van der Waals surface area (Å²) >= 11 is 6.27. The van der Waals surface area contributed by atoms with E-state index in [9.17, 15) is 9.90 Å². The van der Waals surface area contributed by atoms with Crippen molar-refractivity contribution in [1.82, 2.24) is 0 Å². The number of carboxylic acids is 1. The molecule has 2 rings (SSSR count). The van der Waals surface area contributed by atoms with Crippen LogP contribution in [0.25, 0.3) is 0 Å². The van der Waals surface area contributed by atoms with E-state index >= 15 is 0 Å². The summed E-state index contributed by atoms with van der Waals surface area (Å²) in [6.45, 7) is 1.65. The first-order chi connectivity index (χ1) is 9.49. The summed E-state index contributed by atoms with van der Waals surface area (Å²) in [5.41, 5.74) is 1.72. The Bertz CT molecular complexity index is 487. The molecule has 0 bridgehead atoms. The number of benzene rings is 1. The van der Waals surface area contributed by atoms with Crippen LogP contribution in [0.2, 0.25) is 5.02 Å². The lowest BCUT2D eigenvalue weighted by Crippen LogP contribution is -2.26. The molecule has 1 aliphatic carbocycles. The van der Waals surface area contributed by atoms with E-state index in [1.54, 1.807) is 13.0 Å². The summed E-state index contributed by atoms with van der Waals surface area (Å²) in [5, 5.41) is 19.6. The second kappa shape index (κ2) is 6.59. The van der Waals surface area contributed by atoms with Crippen LogP contribution in [0.15, 0.2) is 18.2 Å². The average Bonchev–Trinajstić information content (AvgIpc) is 2.42. The number of aliphatic hydroxyl groups is 1. The highest BCUT2D eigenvalue weighted by molar-refractivity contribution is 6.31. The molecular formula is C16H21ClO3. The zero-order valence-electron chi connectivity index (χ0n) is 11.7. The molecule has 3 nitrogen and oxygen atoms in total. The van der Waals surface area contributed by atoms with Crippen molar-refractivity contribution in [2.24, 2.45) is 5.92 Å². The van der Waals surface area contributed by atoms with E-state index in [1.165, 1.54) is 0 Å². The molecule has 0 amide bonds. The molecule has 0 aliphatic heterocycles. The zero-order chi connectivity index (χ0) is 14.7. The number of carboxylic acid groups (broad SMARTS) is 1. The van der Waals surface area contributed by atoms with Gasteiger partial charge in [-0.1, -0.05) is 36.6 Å². The third-order valence-corrected chi connectivity index (χ3v) is 4.65. The first-order valence-electron chi connectivity index (χ1n) is 7.18. The Balaban J connectivity index is 2.11. The predicted molar refractivity (Wildman–Crippen MR) is 79.2 cm³/mol. The van der Waals surface area contributed by atoms with Gasteiger partial charge in [-0.15, -0.1) is 0 Å². The molecule has 1 saturated carbocycles. The van der Waals surface area contributed by atoms with Crippen molar-refractivity contribution >= 4 is 17.6 Å². The van der Waals surface area contributed by atoms with Gasteiger partial charge in [-0.05, 0) is 49.3 Å². The Morgan fingerprint density at radius 3 is 2.70 bits per heavy atom. The fourth-order valence-corrected chi connectivity index (χ4v) is 3.12. The van der Waals surface area contributed by atoms with Gasteiger partial charge in [0.15, 0.2) is 0 Å². The van der Waals surface area contributed by atoms with Crippen LogP contribution in [0.1, 0.15) is 49.7 Å². The molecular weight excluding hydrogens is 276 g/mol. The summed E-state index contributed by atoms with van der Waals surface area (Å²) in [5.74, 6) is -1.14. The molecule has 0 saturated heterocycles. The molecule has 1 aliphatic rings. The van der Waals surface area contributed by atoms with Crippen molar-refractivity contribution in [1.29, 1.82) is 0 Å². The molecule has 3 atom stereocenters. The number of hydrogen-bond donors (Lipinski definition) is 2. The molecule has 0 spiro atoms. The van der Waals surface area contributed by atoms with Crippen LogP contribution >= 0.6 is 11.6 Å². The number of carbonyl (C=O) groups is 1. The topological polar surface area (TPSA) is 57.5 Å². The summed E-state index contributed by atoms with van der Waals surface area (Å²) in [7, 11) is 0. The van der Waals surface area contributed by atoms with Crippen molar-refractivity contribution in [2.75, 3.05) is 0 Å². The molecule has 1 unspecified atom stereocenters. The van der Waals surface area contributed by atoms with Gasteiger partial charge in [-0.25, -0.2) is 0 Å². The molecule has 4 heteroatoms. The highest BCUT2D eigenvalue weighted by atomic mass is 35.5. The van der Waals surface area contributed by atoms with E-state index in [-0.39, 0.29) is 12.0 Å². The Kier molecular flexibility index (Phi) is 5.06. The van der Waals surface area contributed by atoms with Crippen LogP contribution in [-0.4, -0.2) is 22.3 Å². The van der Waals surface area contributed by atoms with E-state index in [2.05, 4.69) is 0 Å². The number of halogens is 1. The molecule has 2 N–H and O–H groups in total. The minimum absolute atomic E-state index is 0.238. The second-order valence-electron chi connectivity index (χ2n) is 5.73. The lowest BCUT2D eigenvalue weighted by Gasteiger charge is -2.28. The molecule has 0 radical (unpaired) electrons. The third-order valence-electron chi connectivity index (χ3n) is 4.30. The smallest absolute Gasteiger partial charge is 0.310 e. The van der Waals surface area contributed by atoms with Crippen LogP contribution in [0.3, 0.4) is 0 Å². The summed E-state index contributed by atoms with van der Waals surface area (Å²) < 4.78 is 0. The SMILES string of the molecule is CC(C(=O)O)c1ccc(C[C@@H]2CCCC[C@@H]2O)c(Cl)c1. The lowest BCUT2D eigenvalue weighted by atomic mass is 9.82. The second-order valence-corrected chi connectivity index (χ2v) is 6.13. The Labute approximate surface area is 124 Å². The highest BCUT2D eigenvalue weighted by Crippen LogP contribution is 2.31. The fraction of sp³-hybridized carbons (Fsp3) is 0.562. The molecule has 110 valence electrons. The maximum Gasteiger partial charge on any atom is 0.310 e. The average molecular weight is 297 g/mol. The third kappa shape index (κ3) is 3.53. The van der Waals surface area contributed by atoms with Gasteiger partial charge in [0.05, 0.1) is 12.0 Å². The maximum atomic E-state index is 11.0. The monoisotopic (exact) mass is 296 g/mol. The van der Waals surface area contributed by atoms with Gasteiger partial charge in [0.25, 0.3) is 0 Å². The van der Waals surface area contributed by atoms with E-state index in [1.807, 2.05) is 12.1 Å². The Morgan fingerprint density at radius 1 is 1.40 bits per heavy atom. The minimum atomic E-state index is -0.850. The summed E-state index contributed by atoms with van der Waals surface area (Å²) in [6, 6.07) is 5.47. The Morgan fingerprint density at radius 2 is 2.10 bits per heavy atom. The molecule has 1 fully saturated rings. The lowest BCUT2D eigenvalue weighted by molar-refractivity contribution is -0.138. The van der Waals surface area contributed by atoms with Crippen LogP contribution in [0.5, 0.6) is 0 Å². The van der Waals surface area contributed by atoms with Gasteiger partial charge in [-0.3, -0.25) is 4.79 Å². The molecule has 20 heavy (non-hydrogen) atoms. The molecule has 0 heterocycles. The molecule has 1 aromatic carbocycles. The number of aliphatic hydroxyl groups excluding tert-OH is 1. The zero-order valence-corrected chi connectivity index (χ0v) is 12.4. The predicted octanol–water partition coefficient (Wildman–Crippen LogP) is 3.62. The van der Waals surface area contributed by atoms with Crippen molar-refractivity contribution in [3.8, 4) is 0 Å². The minimum Gasteiger partial charge on any atom is -0.481 e. The first kappa shape index (κ1) is 15.3. The summed E-state index contributed by atoms with van der Waals surface area (Å²) in [4.78, 5) is 11.0. The van der Waals surface area contributed by atoms with Gasteiger partial charge in [-0.2, -0.15) is 0 Å². The summed E-state index contributed by atoms with van der Waals surface area (Å²) in [6.07, 6.45) is 4.69. The highest BCUT2D eigenvalue weighted by Gasteiger charge is 2.24. The van der Waals surface area contributed by atoms with E-state index in [0.717, 1.165) is 43.2 Å². The van der Waals surface area contributed by atoms with Crippen LogP contribution in [0.4, 0.5) is 0 Å². The quantitative estimate of drug-likeness (QED) is 0.892. The van der Waals surface area contributed by atoms with E-state index < -0.39 is 11.9 Å².